The third-order valence-corrected chi connectivity index (χ3v) is 3.71. The molecule has 0 spiro atoms. The second-order valence-electron chi connectivity index (χ2n) is 4.78. The van der Waals surface area contributed by atoms with Gasteiger partial charge in [-0.1, -0.05) is 11.6 Å². The standard InChI is InChI=1S/C13H17ClN2O3/c1-19-11-4-2-3-10(8-11)15-12-7-9(14)5-6-13(12)16(17)18/h5-7,10-11,15H,2-4,8H2,1H3. The van der Waals surface area contributed by atoms with Gasteiger partial charge in [0.25, 0.3) is 5.69 Å². The van der Waals surface area contributed by atoms with Crippen LogP contribution in [0, 0.1) is 10.1 Å². The molecular formula is C13H17ClN2O3. The number of nitro benzene ring substituents is 1. The third-order valence-electron chi connectivity index (χ3n) is 3.47. The first-order valence-corrected chi connectivity index (χ1v) is 6.71. The Morgan fingerprint density at radius 1 is 1.47 bits per heavy atom. The van der Waals surface area contributed by atoms with E-state index in [1.165, 1.54) is 12.1 Å². The van der Waals surface area contributed by atoms with Crippen molar-refractivity contribution in [2.75, 3.05) is 12.4 Å². The van der Waals surface area contributed by atoms with Crippen LogP contribution in [0.25, 0.3) is 0 Å². The average molecular weight is 285 g/mol. The van der Waals surface area contributed by atoms with Crippen LogP contribution in [-0.4, -0.2) is 24.2 Å². The highest BCUT2D eigenvalue weighted by molar-refractivity contribution is 6.31. The lowest BCUT2D eigenvalue weighted by Crippen LogP contribution is -2.31. The first kappa shape index (κ1) is 14.1. The van der Waals surface area contributed by atoms with Crippen molar-refractivity contribution in [3.05, 3.63) is 33.3 Å². The maximum Gasteiger partial charge on any atom is 0.292 e. The van der Waals surface area contributed by atoms with Crippen LogP contribution in [0.5, 0.6) is 0 Å². The summed E-state index contributed by atoms with van der Waals surface area (Å²) in [5.41, 5.74) is 0.545. The van der Waals surface area contributed by atoms with Crippen molar-refractivity contribution < 1.29 is 9.66 Å². The van der Waals surface area contributed by atoms with E-state index in [2.05, 4.69) is 5.32 Å². The number of nitrogens with one attached hydrogen (secondary N) is 1. The van der Waals surface area contributed by atoms with Gasteiger partial charge in [0.1, 0.15) is 5.69 Å². The predicted octanol–water partition coefficient (Wildman–Crippen LogP) is 3.62. The van der Waals surface area contributed by atoms with Gasteiger partial charge in [-0.05, 0) is 37.8 Å². The third kappa shape index (κ3) is 3.58. The number of nitro groups is 1. The van der Waals surface area contributed by atoms with Crippen molar-refractivity contribution >= 4 is 23.0 Å². The minimum Gasteiger partial charge on any atom is -0.381 e. The Kier molecular flexibility index (Phi) is 4.61. The van der Waals surface area contributed by atoms with E-state index in [0.717, 1.165) is 25.7 Å². The lowest BCUT2D eigenvalue weighted by atomic mass is 9.92. The van der Waals surface area contributed by atoms with Crippen LogP contribution >= 0.6 is 11.6 Å². The van der Waals surface area contributed by atoms with Crippen LogP contribution in [0.4, 0.5) is 11.4 Å². The van der Waals surface area contributed by atoms with Gasteiger partial charge in [0.05, 0.1) is 11.0 Å². The zero-order chi connectivity index (χ0) is 13.8. The fourth-order valence-corrected chi connectivity index (χ4v) is 2.67. The SMILES string of the molecule is COC1CCCC(Nc2cc(Cl)ccc2[N+](=O)[O-])C1. The number of anilines is 1. The fourth-order valence-electron chi connectivity index (χ4n) is 2.49. The van der Waals surface area contributed by atoms with E-state index in [1.54, 1.807) is 13.2 Å². The number of nitrogens with zero attached hydrogens (tertiary/aromatic N) is 1. The summed E-state index contributed by atoms with van der Waals surface area (Å²) in [6, 6.07) is 4.76. The summed E-state index contributed by atoms with van der Waals surface area (Å²) < 4.78 is 5.36. The summed E-state index contributed by atoms with van der Waals surface area (Å²) in [5.74, 6) is 0. The van der Waals surface area contributed by atoms with Crippen molar-refractivity contribution in [1.82, 2.24) is 0 Å². The van der Waals surface area contributed by atoms with Gasteiger partial charge < -0.3 is 10.1 Å². The van der Waals surface area contributed by atoms with E-state index >= 15 is 0 Å². The fraction of sp³-hybridized carbons (Fsp3) is 0.538. The normalized spacial score (nSPS) is 23.1. The Hall–Kier alpha value is -1.33. The van der Waals surface area contributed by atoms with E-state index < -0.39 is 4.92 Å². The molecule has 2 unspecified atom stereocenters. The van der Waals surface area contributed by atoms with Gasteiger partial charge in [0.15, 0.2) is 0 Å². The van der Waals surface area contributed by atoms with Gasteiger partial charge in [0, 0.05) is 24.2 Å². The molecule has 6 heteroatoms. The quantitative estimate of drug-likeness (QED) is 0.677. The summed E-state index contributed by atoms with van der Waals surface area (Å²) in [4.78, 5) is 10.6. The Bertz CT molecular complexity index is 467. The molecule has 0 bridgehead atoms. The highest BCUT2D eigenvalue weighted by Crippen LogP contribution is 2.31. The smallest absolute Gasteiger partial charge is 0.292 e. The van der Waals surface area contributed by atoms with E-state index in [9.17, 15) is 10.1 Å². The molecular weight excluding hydrogens is 268 g/mol. The van der Waals surface area contributed by atoms with E-state index in [4.69, 9.17) is 16.3 Å². The molecule has 0 amide bonds. The molecule has 1 aromatic rings. The van der Waals surface area contributed by atoms with Crippen molar-refractivity contribution in [2.45, 2.75) is 37.8 Å². The van der Waals surface area contributed by atoms with Crippen LogP contribution in [0.1, 0.15) is 25.7 Å². The Labute approximate surface area is 117 Å². The van der Waals surface area contributed by atoms with E-state index in [0.29, 0.717) is 10.7 Å². The van der Waals surface area contributed by atoms with Crippen molar-refractivity contribution in [3.8, 4) is 0 Å². The molecule has 1 aromatic carbocycles. The zero-order valence-electron chi connectivity index (χ0n) is 10.8. The Morgan fingerprint density at radius 3 is 2.95 bits per heavy atom. The van der Waals surface area contributed by atoms with Crippen molar-refractivity contribution in [3.63, 3.8) is 0 Å². The second kappa shape index (κ2) is 6.21. The van der Waals surface area contributed by atoms with Crippen molar-refractivity contribution in [2.24, 2.45) is 0 Å². The molecule has 0 aliphatic heterocycles. The lowest BCUT2D eigenvalue weighted by molar-refractivity contribution is -0.384. The molecule has 2 rings (SSSR count). The van der Waals surface area contributed by atoms with Crippen molar-refractivity contribution in [1.29, 1.82) is 0 Å². The summed E-state index contributed by atoms with van der Waals surface area (Å²) >= 11 is 5.91. The van der Waals surface area contributed by atoms with Gasteiger partial charge >= 0.3 is 0 Å². The molecule has 0 radical (unpaired) electrons. The molecule has 19 heavy (non-hydrogen) atoms. The first-order chi connectivity index (χ1) is 9.10. The first-order valence-electron chi connectivity index (χ1n) is 6.33. The molecule has 1 N–H and O–H groups in total. The van der Waals surface area contributed by atoms with Crippen LogP contribution in [-0.2, 0) is 4.74 Å². The molecule has 5 nitrogen and oxygen atoms in total. The van der Waals surface area contributed by atoms with E-state index in [1.807, 2.05) is 0 Å². The molecule has 1 aliphatic rings. The Morgan fingerprint density at radius 2 is 2.26 bits per heavy atom. The molecule has 104 valence electrons. The molecule has 2 atom stereocenters. The highest BCUT2D eigenvalue weighted by atomic mass is 35.5. The number of rotatable bonds is 4. The van der Waals surface area contributed by atoms with Gasteiger partial charge in [-0.2, -0.15) is 0 Å². The summed E-state index contributed by atoms with van der Waals surface area (Å²) in [6.07, 6.45) is 4.19. The van der Waals surface area contributed by atoms with Gasteiger partial charge in [0.2, 0.25) is 0 Å². The minimum absolute atomic E-state index is 0.0592. The minimum atomic E-state index is -0.394. The highest BCUT2D eigenvalue weighted by Gasteiger charge is 2.24. The molecule has 1 aliphatic carbocycles. The Balaban J connectivity index is 2.13. The maximum absolute atomic E-state index is 11.0. The number of ether oxygens (including phenoxy) is 1. The maximum atomic E-state index is 11.0. The van der Waals surface area contributed by atoms with Crippen LogP contribution in [0.3, 0.4) is 0 Å². The predicted molar refractivity (Wildman–Crippen MR) is 74.8 cm³/mol. The number of hydrogen-bond acceptors (Lipinski definition) is 4. The van der Waals surface area contributed by atoms with Crippen LogP contribution in [0.2, 0.25) is 5.02 Å². The monoisotopic (exact) mass is 284 g/mol. The van der Waals surface area contributed by atoms with Gasteiger partial charge in [-0.3, -0.25) is 10.1 Å². The molecule has 1 saturated carbocycles. The van der Waals surface area contributed by atoms with Crippen LogP contribution < -0.4 is 5.32 Å². The number of benzene rings is 1. The van der Waals surface area contributed by atoms with Gasteiger partial charge in [-0.25, -0.2) is 0 Å². The van der Waals surface area contributed by atoms with E-state index in [-0.39, 0.29) is 17.8 Å². The average Bonchev–Trinajstić information content (AvgIpc) is 2.38. The summed E-state index contributed by atoms with van der Waals surface area (Å²) in [6.45, 7) is 0. The largest absolute Gasteiger partial charge is 0.381 e. The van der Waals surface area contributed by atoms with Crippen LogP contribution in [0.15, 0.2) is 18.2 Å². The van der Waals surface area contributed by atoms with Gasteiger partial charge in [-0.15, -0.1) is 0 Å². The number of halogens is 1. The molecule has 0 heterocycles. The topological polar surface area (TPSA) is 64.4 Å². The zero-order valence-corrected chi connectivity index (χ0v) is 11.5. The second-order valence-corrected chi connectivity index (χ2v) is 5.22. The molecule has 0 saturated heterocycles. The molecule has 0 aromatic heterocycles. The molecule has 1 fully saturated rings. The number of methoxy groups -OCH3 is 1. The summed E-state index contributed by atoms with van der Waals surface area (Å²) in [5, 5.41) is 14.7. The summed E-state index contributed by atoms with van der Waals surface area (Å²) in [7, 11) is 1.70. The lowest BCUT2D eigenvalue weighted by Gasteiger charge is -2.29. The number of hydrogen-bond donors (Lipinski definition) is 1.